The summed E-state index contributed by atoms with van der Waals surface area (Å²) in [4.78, 5) is 15.8. The number of amidine groups is 1. The molecule has 7 nitrogen and oxygen atoms in total. The number of methoxy groups -OCH3 is 1. The van der Waals surface area contributed by atoms with Gasteiger partial charge in [0.25, 0.3) is 0 Å². The summed E-state index contributed by atoms with van der Waals surface area (Å²) in [5.41, 5.74) is 9.33. The summed E-state index contributed by atoms with van der Waals surface area (Å²) < 4.78 is 7.41. The molecule has 32 heavy (non-hydrogen) atoms. The molecular weight excluding hydrogens is 424 g/mol. The third kappa shape index (κ3) is 3.62. The van der Waals surface area contributed by atoms with E-state index in [2.05, 4.69) is 52.3 Å². The van der Waals surface area contributed by atoms with Crippen LogP contribution in [0.1, 0.15) is 24.3 Å². The Morgan fingerprint density at radius 3 is 2.62 bits per heavy atom. The first-order chi connectivity index (χ1) is 15.5. The minimum Gasteiger partial charge on any atom is -0.494 e. The van der Waals surface area contributed by atoms with E-state index in [1.54, 1.807) is 19.6 Å². The summed E-state index contributed by atoms with van der Waals surface area (Å²) in [5.74, 6) is 2.59. The van der Waals surface area contributed by atoms with E-state index in [-0.39, 0.29) is 12.0 Å². The fourth-order valence-electron chi connectivity index (χ4n) is 4.92. The van der Waals surface area contributed by atoms with Crippen LogP contribution in [0.3, 0.4) is 0 Å². The van der Waals surface area contributed by atoms with Crippen molar-refractivity contribution in [1.29, 1.82) is 0 Å². The number of imidazole rings is 1. The van der Waals surface area contributed by atoms with Gasteiger partial charge in [0.1, 0.15) is 23.1 Å². The number of benzene rings is 2. The van der Waals surface area contributed by atoms with Crippen LogP contribution >= 0.6 is 11.6 Å². The average molecular weight is 449 g/mol. The highest BCUT2D eigenvalue weighted by molar-refractivity contribution is 6.29. The first-order valence-corrected chi connectivity index (χ1v) is 11.0. The van der Waals surface area contributed by atoms with E-state index in [4.69, 9.17) is 27.1 Å². The Kier molecular flexibility index (Phi) is 5.35. The van der Waals surface area contributed by atoms with Gasteiger partial charge in [0, 0.05) is 37.2 Å². The van der Waals surface area contributed by atoms with Gasteiger partial charge >= 0.3 is 0 Å². The van der Waals surface area contributed by atoms with Gasteiger partial charge in [-0.05, 0) is 30.5 Å². The molecule has 0 amide bonds. The van der Waals surface area contributed by atoms with Crippen molar-refractivity contribution in [3.8, 4) is 11.4 Å². The first kappa shape index (κ1) is 20.6. The molecule has 2 aromatic carbocycles. The number of halogens is 1. The zero-order valence-electron chi connectivity index (χ0n) is 18.0. The maximum Gasteiger partial charge on any atom is 0.227 e. The van der Waals surface area contributed by atoms with Gasteiger partial charge in [0.05, 0.1) is 18.5 Å². The van der Waals surface area contributed by atoms with Crippen LogP contribution in [0.4, 0.5) is 5.69 Å². The van der Waals surface area contributed by atoms with E-state index in [1.165, 1.54) is 5.56 Å². The highest BCUT2D eigenvalue weighted by Gasteiger charge is 2.44. The van der Waals surface area contributed by atoms with Gasteiger partial charge in [-0.2, -0.15) is 0 Å². The maximum atomic E-state index is 6.42. The smallest absolute Gasteiger partial charge is 0.227 e. The molecule has 164 valence electrons. The van der Waals surface area contributed by atoms with Crippen molar-refractivity contribution in [1.82, 2.24) is 14.5 Å². The second kappa shape index (κ2) is 8.31. The summed E-state index contributed by atoms with van der Waals surface area (Å²) in [5, 5.41) is 0.420. The molecule has 8 heteroatoms. The average Bonchev–Trinajstić information content (AvgIpc) is 3.45. The summed E-state index contributed by atoms with van der Waals surface area (Å²) >= 11 is 5.97. The fraction of sp³-hybridized carbons (Fsp3) is 0.292. The summed E-state index contributed by atoms with van der Waals surface area (Å²) in [6, 6.07) is 16.6. The molecule has 5 rings (SSSR count). The number of hydrogen-bond donors (Lipinski definition) is 1. The Hall–Kier alpha value is -3.32. The van der Waals surface area contributed by atoms with Crippen molar-refractivity contribution in [3.63, 3.8) is 0 Å². The Bertz CT molecular complexity index is 1190. The van der Waals surface area contributed by atoms with Gasteiger partial charge in [0.2, 0.25) is 5.96 Å². The number of aromatic nitrogens is 2. The Morgan fingerprint density at radius 1 is 1.12 bits per heavy atom. The van der Waals surface area contributed by atoms with Crippen molar-refractivity contribution < 1.29 is 4.74 Å². The Labute approximate surface area is 192 Å². The van der Waals surface area contributed by atoms with Crippen molar-refractivity contribution in [2.75, 3.05) is 14.2 Å². The van der Waals surface area contributed by atoms with Gasteiger partial charge in [-0.25, -0.2) is 15.0 Å². The number of nitrogens with two attached hydrogens (primary N) is 1. The van der Waals surface area contributed by atoms with Gasteiger partial charge in [-0.3, -0.25) is 0 Å². The molecule has 2 N–H and O–H groups in total. The number of rotatable bonds is 4. The Morgan fingerprint density at radius 2 is 1.91 bits per heavy atom. The van der Waals surface area contributed by atoms with E-state index in [0.29, 0.717) is 28.6 Å². The molecule has 2 heterocycles. The second-order valence-electron chi connectivity index (χ2n) is 8.21. The van der Waals surface area contributed by atoms with E-state index < -0.39 is 0 Å². The third-order valence-electron chi connectivity index (χ3n) is 6.43. The summed E-state index contributed by atoms with van der Waals surface area (Å²) in [6.45, 7) is 0. The predicted octanol–water partition coefficient (Wildman–Crippen LogP) is 4.39. The number of fused-ring (bicyclic) bond motifs is 1. The molecule has 1 aromatic heterocycles. The van der Waals surface area contributed by atoms with Crippen molar-refractivity contribution in [2.45, 2.75) is 24.8 Å². The monoisotopic (exact) mass is 448 g/mol. The summed E-state index contributed by atoms with van der Waals surface area (Å²) in [6.07, 6.45) is 5.50. The van der Waals surface area contributed by atoms with E-state index in [9.17, 15) is 0 Å². The number of aliphatic imine (C=N–C) groups is 2. The topological polar surface area (TPSA) is 81.0 Å². The van der Waals surface area contributed by atoms with Crippen LogP contribution in [-0.2, 0) is 0 Å². The summed E-state index contributed by atoms with van der Waals surface area (Å²) in [7, 11) is 3.69. The lowest BCUT2D eigenvalue weighted by Crippen LogP contribution is -2.50. The van der Waals surface area contributed by atoms with Crippen LogP contribution in [0, 0.1) is 5.92 Å². The molecule has 1 saturated carbocycles. The van der Waals surface area contributed by atoms with Crippen LogP contribution in [0.25, 0.3) is 5.69 Å². The zero-order valence-corrected chi connectivity index (χ0v) is 18.8. The minimum atomic E-state index is 0.239. The molecule has 3 aromatic rings. The molecule has 0 saturated heterocycles. The standard InChI is InChI=1S/C24H25ClN6O/c1-30-22-17(15-6-4-3-5-7-15)9-10-18(22)23(26)29-24(30)28-16-8-11-19(20(12-16)32-2)31-13-21(25)27-14-31/h3-8,11-14,17-18,22H,9-10H2,1-2H3,(H2,26,28,29). The van der Waals surface area contributed by atoms with Gasteiger partial charge < -0.3 is 19.9 Å². The molecule has 3 unspecified atom stereocenters. The fourth-order valence-corrected chi connectivity index (χ4v) is 5.07. The Balaban J connectivity index is 1.49. The van der Waals surface area contributed by atoms with Crippen LogP contribution in [0.2, 0.25) is 5.15 Å². The lowest BCUT2D eigenvalue weighted by atomic mass is 9.89. The number of hydrogen-bond acceptors (Lipinski definition) is 4. The van der Waals surface area contributed by atoms with E-state index in [1.807, 2.05) is 22.8 Å². The minimum absolute atomic E-state index is 0.239. The molecule has 2 aliphatic rings. The zero-order chi connectivity index (χ0) is 22.2. The van der Waals surface area contributed by atoms with Crippen molar-refractivity contribution in [2.24, 2.45) is 21.6 Å². The molecule has 1 aliphatic carbocycles. The molecule has 0 radical (unpaired) electrons. The number of nitrogens with zero attached hydrogens (tertiary/aromatic N) is 5. The highest BCUT2D eigenvalue weighted by Crippen LogP contribution is 2.43. The third-order valence-corrected chi connectivity index (χ3v) is 6.63. The number of likely N-dealkylation sites (N-methyl/N-ethyl adjacent to an activating group) is 1. The SMILES string of the molecule is COc1cc(N=C2N=C(N)C3CCC(c4ccccc4)C3N2C)ccc1-n1cnc(Cl)c1. The first-order valence-electron chi connectivity index (χ1n) is 10.6. The van der Waals surface area contributed by atoms with Gasteiger partial charge in [-0.1, -0.05) is 41.9 Å². The van der Waals surface area contributed by atoms with Crippen molar-refractivity contribution >= 4 is 29.1 Å². The largest absolute Gasteiger partial charge is 0.494 e. The molecule has 3 atom stereocenters. The predicted molar refractivity (Wildman–Crippen MR) is 127 cm³/mol. The molecular formula is C24H25ClN6O. The molecule has 0 bridgehead atoms. The van der Waals surface area contributed by atoms with E-state index in [0.717, 1.165) is 24.2 Å². The number of guanidine groups is 1. The molecule has 0 spiro atoms. The van der Waals surface area contributed by atoms with Crippen LogP contribution in [0.15, 0.2) is 71.0 Å². The van der Waals surface area contributed by atoms with Crippen molar-refractivity contribution in [3.05, 3.63) is 71.8 Å². The van der Waals surface area contributed by atoms with Crippen LogP contribution in [0.5, 0.6) is 5.75 Å². The van der Waals surface area contributed by atoms with E-state index >= 15 is 0 Å². The maximum absolute atomic E-state index is 6.42. The number of ether oxygens (including phenoxy) is 1. The van der Waals surface area contributed by atoms with Gasteiger partial charge in [0.15, 0.2) is 0 Å². The quantitative estimate of drug-likeness (QED) is 0.641. The molecule has 1 aliphatic heterocycles. The second-order valence-corrected chi connectivity index (χ2v) is 8.60. The lowest BCUT2D eigenvalue weighted by Gasteiger charge is -2.38. The van der Waals surface area contributed by atoms with Crippen LogP contribution in [-0.4, -0.2) is 46.4 Å². The highest BCUT2D eigenvalue weighted by atomic mass is 35.5. The lowest BCUT2D eigenvalue weighted by molar-refractivity contribution is 0.300. The van der Waals surface area contributed by atoms with Gasteiger partial charge in [-0.15, -0.1) is 0 Å². The molecule has 1 fully saturated rings. The normalized spacial score (nSPS) is 23.8. The van der Waals surface area contributed by atoms with Crippen LogP contribution < -0.4 is 10.5 Å².